The highest BCUT2D eigenvalue weighted by atomic mass is 16.5. The van der Waals surface area contributed by atoms with Gasteiger partial charge >= 0.3 is 0 Å². The normalized spacial score (nSPS) is 10.9. The Balaban J connectivity index is 2.49. The molecule has 4 nitrogen and oxygen atoms in total. The van der Waals surface area contributed by atoms with Crippen LogP contribution >= 0.6 is 0 Å². The minimum absolute atomic E-state index is 0.0831. The number of benzene rings is 1. The number of aryl methyl sites for hydroxylation is 1. The molecule has 0 aromatic heterocycles. The number of ether oxygens (including phenoxy) is 1. The molecule has 0 aliphatic carbocycles. The number of nitrogens with two attached hydrogens (primary N) is 1. The van der Waals surface area contributed by atoms with Gasteiger partial charge in [-0.2, -0.15) is 0 Å². The van der Waals surface area contributed by atoms with Gasteiger partial charge in [0.25, 0.3) is 0 Å². The fourth-order valence-electron chi connectivity index (χ4n) is 1.78. The summed E-state index contributed by atoms with van der Waals surface area (Å²) in [4.78, 5) is 11.7. The van der Waals surface area contributed by atoms with Crippen LogP contribution in [0.5, 0.6) is 5.75 Å². The molecule has 0 bridgehead atoms. The standard InChI is InChI=1S/C16H26N2O2/c1-11(2)10-18-16(19)8-6-13-5-7-15(14(17)9-13)20-12(3)4/h5,7,9,11-12H,6,8,10,17H2,1-4H3,(H,18,19). The monoisotopic (exact) mass is 278 g/mol. The Bertz CT molecular complexity index is 442. The summed E-state index contributed by atoms with van der Waals surface area (Å²) in [6.07, 6.45) is 1.28. The van der Waals surface area contributed by atoms with Gasteiger partial charge in [-0.05, 0) is 43.9 Å². The average molecular weight is 278 g/mol. The highest BCUT2D eigenvalue weighted by Gasteiger charge is 2.06. The molecule has 0 radical (unpaired) electrons. The summed E-state index contributed by atoms with van der Waals surface area (Å²) in [5, 5.41) is 2.91. The number of carbonyl (C=O) groups excluding carboxylic acids is 1. The van der Waals surface area contributed by atoms with Crippen LogP contribution < -0.4 is 15.8 Å². The van der Waals surface area contributed by atoms with E-state index in [9.17, 15) is 4.79 Å². The van der Waals surface area contributed by atoms with E-state index in [1.54, 1.807) is 0 Å². The van der Waals surface area contributed by atoms with E-state index in [4.69, 9.17) is 10.5 Å². The highest BCUT2D eigenvalue weighted by molar-refractivity contribution is 5.76. The Kier molecular flexibility index (Phi) is 6.36. The van der Waals surface area contributed by atoms with E-state index < -0.39 is 0 Å². The van der Waals surface area contributed by atoms with Crippen molar-refractivity contribution in [3.63, 3.8) is 0 Å². The molecule has 0 aliphatic rings. The second-order valence-corrected chi connectivity index (χ2v) is 5.74. The highest BCUT2D eigenvalue weighted by Crippen LogP contribution is 2.24. The van der Waals surface area contributed by atoms with Gasteiger partial charge in [0.1, 0.15) is 5.75 Å². The van der Waals surface area contributed by atoms with Crippen LogP contribution in [0.15, 0.2) is 18.2 Å². The van der Waals surface area contributed by atoms with Gasteiger partial charge in [-0.25, -0.2) is 0 Å². The molecule has 4 heteroatoms. The zero-order valence-electron chi connectivity index (χ0n) is 12.9. The zero-order valence-corrected chi connectivity index (χ0v) is 12.9. The van der Waals surface area contributed by atoms with Crippen LogP contribution in [0.25, 0.3) is 0 Å². The third kappa shape index (κ3) is 5.95. The topological polar surface area (TPSA) is 64.3 Å². The minimum atomic E-state index is 0.0831. The molecule has 0 atom stereocenters. The van der Waals surface area contributed by atoms with Crippen molar-refractivity contribution in [3.05, 3.63) is 23.8 Å². The predicted octanol–water partition coefficient (Wildman–Crippen LogP) is 2.76. The van der Waals surface area contributed by atoms with Crippen molar-refractivity contribution in [2.45, 2.75) is 46.6 Å². The van der Waals surface area contributed by atoms with Crippen molar-refractivity contribution >= 4 is 11.6 Å². The maximum Gasteiger partial charge on any atom is 0.220 e. The summed E-state index contributed by atoms with van der Waals surface area (Å²) in [5.74, 6) is 1.26. The molecule has 1 rings (SSSR count). The molecule has 20 heavy (non-hydrogen) atoms. The van der Waals surface area contributed by atoms with E-state index in [-0.39, 0.29) is 12.0 Å². The first-order valence-corrected chi connectivity index (χ1v) is 7.20. The van der Waals surface area contributed by atoms with Crippen LogP contribution in [0.4, 0.5) is 5.69 Å². The van der Waals surface area contributed by atoms with Crippen molar-refractivity contribution in [2.75, 3.05) is 12.3 Å². The fourth-order valence-corrected chi connectivity index (χ4v) is 1.78. The number of rotatable bonds is 7. The molecule has 0 heterocycles. The fraction of sp³-hybridized carbons (Fsp3) is 0.562. The van der Waals surface area contributed by atoms with Gasteiger partial charge in [0.2, 0.25) is 5.91 Å². The Morgan fingerprint density at radius 3 is 2.55 bits per heavy atom. The van der Waals surface area contributed by atoms with Gasteiger partial charge in [0.15, 0.2) is 0 Å². The summed E-state index contributed by atoms with van der Waals surface area (Å²) in [6.45, 7) is 8.81. The first kappa shape index (κ1) is 16.3. The summed E-state index contributed by atoms with van der Waals surface area (Å²) in [5.41, 5.74) is 7.63. The first-order chi connectivity index (χ1) is 9.38. The Labute approximate surface area is 121 Å². The van der Waals surface area contributed by atoms with Gasteiger partial charge in [0.05, 0.1) is 11.8 Å². The Morgan fingerprint density at radius 1 is 1.30 bits per heavy atom. The van der Waals surface area contributed by atoms with Gasteiger partial charge in [-0.15, -0.1) is 0 Å². The van der Waals surface area contributed by atoms with Crippen molar-refractivity contribution in [3.8, 4) is 5.75 Å². The van der Waals surface area contributed by atoms with E-state index in [0.717, 1.165) is 12.1 Å². The van der Waals surface area contributed by atoms with Gasteiger partial charge in [0, 0.05) is 13.0 Å². The lowest BCUT2D eigenvalue weighted by molar-refractivity contribution is -0.121. The van der Waals surface area contributed by atoms with Crippen LogP contribution in [0.2, 0.25) is 0 Å². The van der Waals surface area contributed by atoms with E-state index >= 15 is 0 Å². The molecule has 1 aromatic carbocycles. The molecule has 0 unspecified atom stereocenters. The van der Waals surface area contributed by atoms with E-state index in [1.165, 1.54) is 0 Å². The van der Waals surface area contributed by atoms with Crippen LogP contribution in [0, 0.1) is 5.92 Å². The Hall–Kier alpha value is -1.71. The van der Waals surface area contributed by atoms with E-state index in [1.807, 2.05) is 32.0 Å². The molecular formula is C16H26N2O2. The van der Waals surface area contributed by atoms with Crippen molar-refractivity contribution in [1.82, 2.24) is 5.32 Å². The second kappa shape index (κ2) is 7.78. The van der Waals surface area contributed by atoms with Crippen LogP contribution in [0.1, 0.15) is 39.7 Å². The molecule has 1 aromatic rings. The zero-order chi connectivity index (χ0) is 15.1. The molecule has 0 aliphatic heterocycles. The van der Waals surface area contributed by atoms with E-state index in [0.29, 0.717) is 30.2 Å². The van der Waals surface area contributed by atoms with Gasteiger partial charge in [-0.3, -0.25) is 4.79 Å². The van der Waals surface area contributed by atoms with Crippen LogP contribution in [0.3, 0.4) is 0 Å². The molecule has 0 saturated heterocycles. The molecule has 112 valence electrons. The average Bonchev–Trinajstić information content (AvgIpc) is 2.36. The quantitative estimate of drug-likeness (QED) is 0.754. The maximum absolute atomic E-state index is 11.7. The van der Waals surface area contributed by atoms with E-state index in [2.05, 4.69) is 19.2 Å². The molecule has 0 saturated carbocycles. The second-order valence-electron chi connectivity index (χ2n) is 5.74. The lowest BCUT2D eigenvalue weighted by Crippen LogP contribution is -2.27. The van der Waals surface area contributed by atoms with Crippen molar-refractivity contribution in [1.29, 1.82) is 0 Å². The SMILES string of the molecule is CC(C)CNC(=O)CCc1ccc(OC(C)C)c(N)c1. The molecule has 0 spiro atoms. The van der Waals surface area contributed by atoms with Crippen molar-refractivity contribution < 1.29 is 9.53 Å². The summed E-state index contributed by atoms with van der Waals surface area (Å²) >= 11 is 0. The van der Waals surface area contributed by atoms with Crippen LogP contribution in [-0.4, -0.2) is 18.6 Å². The lowest BCUT2D eigenvalue weighted by Gasteiger charge is -2.13. The summed E-state index contributed by atoms with van der Waals surface area (Å²) in [6, 6.07) is 5.72. The molecule has 0 fully saturated rings. The first-order valence-electron chi connectivity index (χ1n) is 7.20. The number of amides is 1. The molecular weight excluding hydrogens is 252 g/mol. The number of anilines is 1. The third-order valence-corrected chi connectivity index (χ3v) is 2.79. The van der Waals surface area contributed by atoms with Gasteiger partial charge in [-0.1, -0.05) is 19.9 Å². The van der Waals surface area contributed by atoms with Crippen LogP contribution in [-0.2, 0) is 11.2 Å². The largest absolute Gasteiger partial charge is 0.489 e. The number of carbonyl (C=O) groups is 1. The van der Waals surface area contributed by atoms with Crippen molar-refractivity contribution in [2.24, 2.45) is 5.92 Å². The Morgan fingerprint density at radius 2 is 2.00 bits per heavy atom. The third-order valence-electron chi connectivity index (χ3n) is 2.79. The van der Waals surface area contributed by atoms with Gasteiger partial charge < -0.3 is 15.8 Å². The molecule has 1 amide bonds. The lowest BCUT2D eigenvalue weighted by atomic mass is 10.1. The maximum atomic E-state index is 11.7. The number of nitrogens with one attached hydrogen (secondary N) is 1. The minimum Gasteiger partial charge on any atom is -0.489 e. The number of hydrogen-bond acceptors (Lipinski definition) is 3. The smallest absolute Gasteiger partial charge is 0.220 e. The number of nitrogen functional groups attached to an aromatic ring is 1. The molecule has 3 N–H and O–H groups in total. The summed E-state index contributed by atoms with van der Waals surface area (Å²) < 4.78 is 5.59. The predicted molar refractivity (Wildman–Crippen MR) is 82.8 cm³/mol. The number of hydrogen-bond donors (Lipinski definition) is 2. The summed E-state index contributed by atoms with van der Waals surface area (Å²) in [7, 11) is 0.